The van der Waals surface area contributed by atoms with E-state index in [2.05, 4.69) is 35.5 Å². The van der Waals surface area contributed by atoms with Crippen LogP contribution in [0.5, 0.6) is 11.5 Å². The first-order valence-corrected chi connectivity index (χ1v) is 14.9. The summed E-state index contributed by atoms with van der Waals surface area (Å²) in [6, 6.07) is 15.3. The van der Waals surface area contributed by atoms with E-state index in [1.54, 1.807) is 16.7 Å². The Morgan fingerprint density at radius 1 is 1.05 bits per heavy atom. The number of likely N-dealkylation sites (tertiary alicyclic amines) is 1. The second-order valence-corrected chi connectivity index (χ2v) is 11.6. The van der Waals surface area contributed by atoms with Crippen LogP contribution in [0.25, 0.3) is 0 Å². The molecule has 0 aromatic heterocycles. The van der Waals surface area contributed by atoms with Crippen LogP contribution in [-0.4, -0.2) is 70.3 Å². The van der Waals surface area contributed by atoms with Crippen LogP contribution in [0.3, 0.4) is 0 Å². The number of amides is 2. The van der Waals surface area contributed by atoms with Crippen molar-refractivity contribution in [2.24, 2.45) is 5.92 Å². The van der Waals surface area contributed by atoms with Gasteiger partial charge in [-0.2, -0.15) is 0 Å². The molecule has 0 aliphatic carbocycles. The Balaban J connectivity index is 1.38. The topological polar surface area (TPSA) is 82.1 Å². The smallest absolute Gasteiger partial charge is 0.248 e. The number of unbranched alkanes of at least 4 members (excludes halogenated alkanes) is 1. The van der Waals surface area contributed by atoms with Gasteiger partial charge in [0.25, 0.3) is 0 Å². The van der Waals surface area contributed by atoms with Gasteiger partial charge >= 0.3 is 0 Å². The third-order valence-electron chi connectivity index (χ3n) is 7.83. The molecule has 38 heavy (non-hydrogen) atoms. The number of aliphatic hydroxyl groups is 1. The average molecular weight is 540 g/mol. The summed E-state index contributed by atoms with van der Waals surface area (Å²) in [6.45, 7) is 8.59. The molecule has 2 aliphatic rings. The number of rotatable bonds is 10. The van der Waals surface area contributed by atoms with Crippen molar-refractivity contribution in [1.82, 2.24) is 15.1 Å². The maximum absolute atomic E-state index is 13.5. The number of carbonyl (C=O) groups is 2. The minimum atomic E-state index is -0.894. The quantitative estimate of drug-likeness (QED) is 0.427. The molecule has 0 bridgehead atoms. The molecule has 2 aromatic carbocycles. The minimum absolute atomic E-state index is 0.120. The van der Waals surface area contributed by atoms with Gasteiger partial charge in [-0.05, 0) is 73.4 Å². The van der Waals surface area contributed by atoms with Crippen molar-refractivity contribution in [3.05, 3.63) is 54.1 Å². The van der Waals surface area contributed by atoms with E-state index in [-0.39, 0.29) is 17.7 Å². The molecular weight excluding hydrogens is 498 g/mol. The van der Waals surface area contributed by atoms with Crippen LogP contribution in [0, 0.1) is 5.92 Å². The van der Waals surface area contributed by atoms with Gasteiger partial charge < -0.3 is 20.1 Å². The van der Waals surface area contributed by atoms with Gasteiger partial charge in [-0.1, -0.05) is 39.3 Å². The van der Waals surface area contributed by atoms with Crippen LogP contribution in [0.1, 0.15) is 52.0 Å². The molecule has 1 spiro atoms. The summed E-state index contributed by atoms with van der Waals surface area (Å²) in [5, 5.41) is 13.5. The van der Waals surface area contributed by atoms with Gasteiger partial charge in [-0.25, -0.2) is 0 Å². The normalized spacial score (nSPS) is 20.6. The maximum atomic E-state index is 13.5. The first-order chi connectivity index (χ1) is 18.3. The van der Waals surface area contributed by atoms with Crippen molar-refractivity contribution in [2.45, 2.75) is 75.6 Å². The monoisotopic (exact) mass is 539 g/mol. The molecule has 2 saturated heterocycles. The van der Waals surface area contributed by atoms with Gasteiger partial charge in [-0.3, -0.25) is 14.5 Å². The van der Waals surface area contributed by atoms with Crippen LogP contribution in [0.15, 0.2) is 53.4 Å². The van der Waals surface area contributed by atoms with Gasteiger partial charge in [-0.15, -0.1) is 11.8 Å². The molecule has 4 rings (SSSR count). The van der Waals surface area contributed by atoms with Gasteiger partial charge in [0, 0.05) is 31.1 Å². The van der Waals surface area contributed by atoms with Gasteiger partial charge in [0.2, 0.25) is 11.8 Å². The van der Waals surface area contributed by atoms with Gasteiger partial charge in [0.15, 0.2) is 0 Å². The molecule has 2 atom stereocenters. The molecule has 2 aliphatic heterocycles. The second kappa shape index (κ2) is 12.5. The number of hydrogen-bond acceptors (Lipinski definition) is 6. The van der Waals surface area contributed by atoms with E-state index in [1.807, 2.05) is 50.2 Å². The summed E-state index contributed by atoms with van der Waals surface area (Å²) < 4.78 is 5.98. The standard InChI is InChI=1S/C30H41N3O4S/c1-5-6-17-33-28(35)26(27(34)21(2)3)31-29(36)30(33)15-18-32(19-16-30)20-22-7-9-23(10-8-22)37-24-11-13-25(38-4)14-12-24/h7-14,21,26-27,34H,5-6,15-20H2,1-4H3,(H,31,36). The summed E-state index contributed by atoms with van der Waals surface area (Å²) in [6.07, 6.45) is 4.11. The fourth-order valence-corrected chi connectivity index (χ4v) is 5.78. The highest BCUT2D eigenvalue weighted by molar-refractivity contribution is 7.98. The lowest BCUT2D eigenvalue weighted by atomic mass is 9.80. The largest absolute Gasteiger partial charge is 0.457 e. The molecule has 0 saturated carbocycles. The summed E-state index contributed by atoms with van der Waals surface area (Å²) in [4.78, 5) is 32.3. The Morgan fingerprint density at radius 3 is 2.21 bits per heavy atom. The van der Waals surface area contributed by atoms with E-state index < -0.39 is 17.7 Å². The lowest BCUT2D eigenvalue weighted by Gasteiger charge is -2.52. The molecule has 2 aromatic rings. The van der Waals surface area contributed by atoms with Crippen LogP contribution >= 0.6 is 11.8 Å². The number of thioether (sulfide) groups is 1. The first-order valence-electron chi connectivity index (χ1n) is 13.7. The Hall–Kier alpha value is -2.55. The van der Waals surface area contributed by atoms with E-state index >= 15 is 0 Å². The molecular formula is C30H41N3O4S. The van der Waals surface area contributed by atoms with Crippen LogP contribution in [-0.2, 0) is 16.1 Å². The maximum Gasteiger partial charge on any atom is 0.248 e. The Bertz CT molecular complexity index is 1080. The number of nitrogens with zero attached hydrogens (tertiary/aromatic N) is 2. The number of piperidine rings is 1. The third kappa shape index (κ3) is 6.19. The van der Waals surface area contributed by atoms with Crippen molar-refractivity contribution >= 4 is 23.6 Å². The number of ether oxygens (including phenoxy) is 1. The molecule has 2 heterocycles. The van der Waals surface area contributed by atoms with Gasteiger partial charge in [0.1, 0.15) is 23.1 Å². The Morgan fingerprint density at radius 2 is 1.66 bits per heavy atom. The molecule has 206 valence electrons. The highest BCUT2D eigenvalue weighted by Gasteiger charge is 2.54. The summed E-state index contributed by atoms with van der Waals surface area (Å²) in [5.74, 6) is 1.22. The highest BCUT2D eigenvalue weighted by Crippen LogP contribution is 2.35. The first kappa shape index (κ1) is 28.5. The van der Waals surface area contributed by atoms with Crippen molar-refractivity contribution in [2.75, 3.05) is 25.9 Å². The van der Waals surface area contributed by atoms with Crippen molar-refractivity contribution in [1.29, 1.82) is 0 Å². The van der Waals surface area contributed by atoms with Crippen LogP contribution < -0.4 is 10.1 Å². The molecule has 2 unspecified atom stereocenters. The number of nitrogens with one attached hydrogen (secondary N) is 1. The summed E-state index contributed by atoms with van der Waals surface area (Å²) >= 11 is 1.70. The average Bonchev–Trinajstić information content (AvgIpc) is 2.93. The van der Waals surface area contributed by atoms with E-state index in [9.17, 15) is 14.7 Å². The van der Waals surface area contributed by atoms with E-state index in [4.69, 9.17) is 4.74 Å². The molecule has 2 fully saturated rings. The van der Waals surface area contributed by atoms with E-state index in [0.29, 0.717) is 19.4 Å². The van der Waals surface area contributed by atoms with Crippen molar-refractivity contribution in [3.8, 4) is 11.5 Å². The fourth-order valence-electron chi connectivity index (χ4n) is 5.37. The molecule has 2 amide bonds. The zero-order valence-electron chi connectivity index (χ0n) is 23.0. The Kier molecular flexibility index (Phi) is 9.39. The lowest BCUT2D eigenvalue weighted by Crippen LogP contribution is -2.74. The summed E-state index contributed by atoms with van der Waals surface area (Å²) in [5.41, 5.74) is 0.345. The highest BCUT2D eigenvalue weighted by atomic mass is 32.2. The number of aliphatic hydroxyl groups excluding tert-OH is 1. The molecule has 2 N–H and O–H groups in total. The van der Waals surface area contributed by atoms with Crippen LogP contribution in [0.4, 0.5) is 0 Å². The molecule has 8 heteroatoms. The second-order valence-electron chi connectivity index (χ2n) is 10.8. The predicted molar refractivity (Wildman–Crippen MR) is 151 cm³/mol. The Labute approximate surface area is 230 Å². The third-order valence-corrected chi connectivity index (χ3v) is 8.57. The number of piperazine rings is 1. The van der Waals surface area contributed by atoms with Gasteiger partial charge in [0.05, 0.1) is 6.10 Å². The summed E-state index contributed by atoms with van der Waals surface area (Å²) in [7, 11) is 0. The zero-order chi connectivity index (χ0) is 27.3. The number of hydrogen-bond donors (Lipinski definition) is 2. The molecule has 0 radical (unpaired) electrons. The lowest BCUT2D eigenvalue weighted by molar-refractivity contribution is -0.165. The zero-order valence-corrected chi connectivity index (χ0v) is 23.8. The fraction of sp³-hybridized carbons (Fsp3) is 0.533. The van der Waals surface area contributed by atoms with Crippen molar-refractivity contribution < 1.29 is 19.4 Å². The SMILES string of the molecule is CCCCN1C(=O)C(C(O)C(C)C)NC(=O)C12CCN(Cc1ccc(Oc3ccc(SC)cc3)cc1)CC2. The van der Waals surface area contributed by atoms with Crippen LogP contribution in [0.2, 0.25) is 0 Å². The van der Waals surface area contributed by atoms with Crippen molar-refractivity contribution in [3.63, 3.8) is 0 Å². The number of benzene rings is 2. The molecule has 7 nitrogen and oxygen atoms in total. The van der Waals surface area contributed by atoms with E-state index in [1.165, 1.54) is 10.5 Å². The van der Waals surface area contributed by atoms with E-state index in [0.717, 1.165) is 44.0 Å². The minimum Gasteiger partial charge on any atom is -0.457 e. The predicted octanol–water partition coefficient (Wildman–Crippen LogP) is 4.68. The number of carbonyl (C=O) groups excluding carboxylic acids is 2.